The van der Waals surface area contributed by atoms with Gasteiger partial charge < -0.3 is 18.0 Å². The summed E-state index contributed by atoms with van der Waals surface area (Å²) >= 11 is 0. The minimum Gasteiger partial charge on any atom is -0.377 e. The summed E-state index contributed by atoms with van der Waals surface area (Å²) in [5.74, 6) is 0. The number of ether oxygens (including phenoxy) is 1. The standard InChI is InChI=1S/C6H14O4Si/c1-7-11(8-2,9-3)5-6-4-10-6/h6H,4-5H2,1-3H3/t6-/m1/s1. The van der Waals surface area contributed by atoms with Crippen LogP contribution in [0.2, 0.25) is 6.04 Å². The predicted octanol–water partition coefficient (Wildman–Crippen LogP) is 0.263. The molecule has 1 fully saturated rings. The largest absolute Gasteiger partial charge is 0.502 e. The highest BCUT2D eigenvalue weighted by molar-refractivity contribution is 6.60. The lowest BCUT2D eigenvalue weighted by Gasteiger charge is -2.23. The summed E-state index contributed by atoms with van der Waals surface area (Å²) in [4.78, 5) is 0. The van der Waals surface area contributed by atoms with Gasteiger partial charge in [0.2, 0.25) is 0 Å². The van der Waals surface area contributed by atoms with E-state index in [0.29, 0.717) is 6.10 Å². The van der Waals surface area contributed by atoms with Gasteiger partial charge in [0.05, 0.1) is 12.7 Å². The van der Waals surface area contributed by atoms with Gasteiger partial charge in [-0.05, 0) is 0 Å². The van der Waals surface area contributed by atoms with Crippen molar-refractivity contribution in [3.8, 4) is 0 Å². The smallest absolute Gasteiger partial charge is 0.377 e. The molecule has 0 aromatic carbocycles. The van der Waals surface area contributed by atoms with E-state index < -0.39 is 8.80 Å². The highest BCUT2D eigenvalue weighted by Crippen LogP contribution is 2.23. The molecule has 1 heterocycles. The minimum atomic E-state index is -2.34. The molecule has 0 aromatic rings. The second kappa shape index (κ2) is 3.64. The Morgan fingerprint density at radius 1 is 1.27 bits per heavy atom. The first-order valence-corrected chi connectivity index (χ1v) is 5.46. The summed E-state index contributed by atoms with van der Waals surface area (Å²) in [7, 11) is 2.50. The number of hydrogen-bond donors (Lipinski definition) is 0. The zero-order valence-corrected chi connectivity index (χ0v) is 8.12. The van der Waals surface area contributed by atoms with E-state index in [1.807, 2.05) is 0 Å². The van der Waals surface area contributed by atoms with E-state index >= 15 is 0 Å². The van der Waals surface area contributed by atoms with E-state index in [9.17, 15) is 0 Å². The Bertz CT molecular complexity index is 113. The van der Waals surface area contributed by atoms with Crippen molar-refractivity contribution < 1.29 is 18.0 Å². The molecule has 1 rings (SSSR count). The number of hydrogen-bond acceptors (Lipinski definition) is 4. The average molecular weight is 178 g/mol. The van der Waals surface area contributed by atoms with Gasteiger partial charge in [-0.1, -0.05) is 0 Å². The van der Waals surface area contributed by atoms with Crippen molar-refractivity contribution in [2.24, 2.45) is 0 Å². The molecule has 0 bridgehead atoms. The van der Waals surface area contributed by atoms with Crippen LogP contribution in [-0.4, -0.2) is 42.8 Å². The van der Waals surface area contributed by atoms with Gasteiger partial charge in [0, 0.05) is 27.4 Å². The Kier molecular flexibility index (Phi) is 3.03. The van der Waals surface area contributed by atoms with E-state index in [2.05, 4.69) is 0 Å². The van der Waals surface area contributed by atoms with E-state index in [1.54, 1.807) is 21.3 Å². The van der Waals surface area contributed by atoms with Crippen molar-refractivity contribution in [1.82, 2.24) is 0 Å². The maximum absolute atomic E-state index is 5.20. The van der Waals surface area contributed by atoms with Crippen LogP contribution in [0.3, 0.4) is 0 Å². The van der Waals surface area contributed by atoms with Crippen LogP contribution in [0.1, 0.15) is 0 Å². The maximum Gasteiger partial charge on any atom is 0.502 e. The lowest BCUT2D eigenvalue weighted by molar-refractivity contribution is 0.121. The maximum atomic E-state index is 5.20. The van der Waals surface area contributed by atoms with Crippen molar-refractivity contribution in [2.75, 3.05) is 27.9 Å². The van der Waals surface area contributed by atoms with Crippen LogP contribution >= 0.6 is 0 Å². The normalized spacial score (nSPS) is 23.7. The van der Waals surface area contributed by atoms with Crippen LogP contribution in [0.25, 0.3) is 0 Å². The minimum absolute atomic E-state index is 0.293. The van der Waals surface area contributed by atoms with Gasteiger partial charge in [-0.25, -0.2) is 0 Å². The highest BCUT2D eigenvalue weighted by atomic mass is 28.4. The molecule has 0 spiro atoms. The second-order valence-electron chi connectivity index (χ2n) is 2.45. The molecule has 1 saturated heterocycles. The first-order valence-electron chi connectivity index (χ1n) is 3.53. The molecule has 5 heteroatoms. The van der Waals surface area contributed by atoms with Crippen LogP contribution in [0.15, 0.2) is 0 Å². The topological polar surface area (TPSA) is 40.2 Å². The monoisotopic (exact) mass is 178 g/mol. The SMILES string of the molecule is CO[Si](C[C@H]1CO1)(OC)OC. The second-order valence-corrected chi connectivity index (χ2v) is 5.45. The number of rotatable bonds is 5. The zero-order valence-electron chi connectivity index (χ0n) is 7.12. The molecular weight excluding hydrogens is 164 g/mol. The Hall–Kier alpha value is 0.0569. The molecule has 0 radical (unpaired) electrons. The summed E-state index contributed by atoms with van der Waals surface area (Å²) < 4.78 is 20.7. The lowest BCUT2D eigenvalue weighted by atomic mass is 10.6. The van der Waals surface area contributed by atoms with Gasteiger partial charge >= 0.3 is 8.80 Å². The summed E-state index contributed by atoms with van der Waals surface area (Å²) in [6, 6.07) is 0.760. The first-order chi connectivity index (χ1) is 5.26. The van der Waals surface area contributed by atoms with Crippen molar-refractivity contribution in [2.45, 2.75) is 12.1 Å². The van der Waals surface area contributed by atoms with Gasteiger partial charge in [0.1, 0.15) is 0 Å². The lowest BCUT2D eigenvalue weighted by Crippen LogP contribution is -2.43. The fraction of sp³-hybridized carbons (Fsp3) is 1.00. The van der Waals surface area contributed by atoms with Gasteiger partial charge in [-0.15, -0.1) is 0 Å². The first kappa shape index (κ1) is 9.15. The van der Waals surface area contributed by atoms with Gasteiger partial charge in [-0.3, -0.25) is 0 Å². The molecular formula is C6H14O4Si. The fourth-order valence-electron chi connectivity index (χ4n) is 0.965. The average Bonchev–Trinajstić information content (AvgIpc) is 2.84. The number of epoxide rings is 1. The molecule has 1 aliphatic heterocycles. The summed E-state index contributed by atoms with van der Waals surface area (Å²) in [5.41, 5.74) is 0. The van der Waals surface area contributed by atoms with Crippen molar-refractivity contribution in [3.63, 3.8) is 0 Å². The Morgan fingerprint density at radius 3 is 2.00 bits per heavy atom. The summed E-state index contributed by atoms with van der Waals surface area (Å²) in [5, 5.41) is 0. The molecule has 11 heavy (non-hydrogen) atoms. The molecule has 0 N–H and O–H groups in total. The molecule has 0 aliphatic carbocycles. The van der Waals surface area contributed by atoms with Crippen LogP contribution in [0.4, 0.5) is 0 Å². The molecule has 0 amide bonds. The molecule has 4 nitrogen and oxygen atoms in total. The van der Waals surface area contributed by atoms with Gasteiger partial charge in [-0.2, -0.15) is 0 Å². The molecule has 66 valence electrons. The van der Waals surface area contributed by atoms with E-state index in [4.69, 9.17) is 18.0 Å². The van der Waals surface area contributed by atoms with Gasteiger partial charge in [0.15, 0.2) is 0 Å². The van der Waals surface area contributed by atoms with E-state index in [0.717, 1.165) is 12.7 Å². The highest BCUT2D eigenvalue weighted by Gasteiger charge is 2.44. The van der Waals surface area contributed by atoms with E-state index in [1.165, 1.54) is 0 Å². The summed E-state index contributed by atoms with van der Waals surface area (Å²) in [6.45, 7) is 0.810. The third-order valence-electron chi connectivity index (χ3n) is 1.81. The Morgan fingerprint density at radius 2 is 1.73 bits per heavy atom. The van der Waals surface area contributed by atoms with Crippen molar-refractivity contribution in [1.29, 1.82) is 0 Å². The third kappa shape index (κ3) is 2.24. The quantitative estimate of drug-likeness (QED) is 0.447. The molecule has 1 atom stereocenters. The van der Waals surface area contributed by atoms with Crippen LogP contribution in [0.5, 0.6) is 0 Å². The van der Waals surface area contributed by atoms with Crippen LogP contribution in [0, 0.1) is 0 Å². The van der Waals surface area contributed by atoms with Crippen molar-refractivity contribution >= 4 is 8.80 Å². The predicted molar refractivity (Wildman–Crippen MR) is 41.3 cm³/mol. The Balaban J connectivity index is 2.39. The molecule has 0 saturated carbocycles. The third-order valence-corrected chi connectivity index (χ3v) is 4.63. The van der Waals surface area contributed by atoms with Crippen LogP contribution in [-0.2, 0) is 18.0 Å². The zero-order chi connectivity index (χ0) is 8.32. The fourth-order valence-corrected chi connectivity index (χ4v) is 2.76. The van der Waals surface area contributed by atoms with E-state index in [-0.39, 0.29) is 0 Å². The molecule has 0 unspecified atom stereocenters. The van der Waals surface area contributed by atoms with Crippen LogP contribution < -0.4 is 0 Å². The van der Waals surface area contributed by atoms with Crippen molar-refractivity contribution in [3.05, 3.63) is 0 Å². The molecule has 1 aliphatic rings. The molecule has 0 aromatic heterocycles. The van der Waals surface area contributed by atoms with Gasteiger partial charge in [0.25, 0.3) is 0 Å². The Labute approximate surface area is 67.8 Å². The summed E-state index contributed by atoms with van der Waals surface area (Å²) in [6.07, 6.45) is 0.293.